The van der Waals surface area contributed by atoms with Crippen LogP contribution < -0.4 is 5.32 Å². The third kappa shape index (κ3) is 3.65. The molecular weight excluding hydrogens is 280 g/mol. The van der Waals surface area contributed by atoms with Crippen LogP contribution in [0.25, 0.3) is 0 Å². The third-order valence-corrected chi connectivity index (χ3v) is 3.86. The van der Waals surface area contributed by atoms with Gasteiger partial charge in [-0.2, -0.15) is 0 Å². The van der Waals surface area contributed by atoms with Crippen molar-refractivity contribution in [3.8, 4) is 0 Å². The number of amides is 2. The topological polar surface area (TPSA) is 58.6 Å². The summed E-state index contributed by atoms with van der Waals surface area (Å²) < 4.78 is 4.99. The molecule has 0 aromatic heterocycles. The number of nitrogens with zero attached hydrogens (tertiary/aromatic N) is 1. The number of carbonyl (C=O) groups is 2. The van der Waals surface area contributed by atoms with E-state index >= 15 is 0 Å². The fraction of sp³-hybridized carbons (Fsp3) is 0.529. The van der Waals surface area contributed by atoms with Crippen LogP contribution in [0.2, 0.25) is 0 Å². The van der Waals surface area contributed by atoms with Crippen molar-refractivity contribution in [2.24, 2.45) is 0 Å². The minimum atomic E-state index is -0.514. The third-order valence-electron chi connectivity index (χ3n) is 3.86. The number of hydrogen-bond donors (Lipinski definition) is 1. The largest absolute Gasteiger partial charge is 0.385 e. The monoisotopic (exact) mass is 304 g/mol. The summed E-state index contributed by atoms with van der Waals surface area (Å²) in [5.41, 5.74) is 1.90. The number of nitrogens with one attached hydrogen (secondary N) is 1. The van der Waals surface area contributed by atoms with Crippen molar-refractivity contribution in [3.63, 3.8) is 0 Å². The first-order valence-electron chi connectivity index (χ1n) is 7.83. The maximum Gasteiger partial charge on any atom is 0.247 e. The first-order chi connectivity index (χ1) is 10.7. The number of fused-ring (bicyclic) bond motifs is 1. The summed E-state index contributed by atoms with van der Waals surface area (Å²) in [6.45, 7) is 3.78. The van der Waals surface area contributed by atoms with Crippen LogP contribution in [0.1, 0.15) is 36.9 Å². The fourth-order valence-corrected chi connectivity index (χ4v) is 2.84. The minimum Gasteiger partial charge on any atom is -0.385 e. The van der Waals surface area contributed by atoms with Gasteiger partial charge < -0.3 is 15.0 Å². The SMILES string of the molecule is CCCN1C(=O)Cc2ccccc2C1C(=O)NCCCOC. The van der Waals surface area contributed by atoms with Gasteiger partial charge >= 0.3 is 0 Å². The lowest BCUT2D eigenvalue weighted by atomic mass is 9.91. The summed E-state index contributed by atoms with van der Waals surface area (Å²) >= 11 is 0. The molecule has 0 bridgehead atoms. The molecule has 1 atom stereocenters. The summed E-state index contributed by atoms with van der Waals surface area (Å²) in [5.74, 6) is -0.0809. The summed E-state index contributed by atoms with van der Waals surface area (Å²) in [6.07, 6.45) is 1.98. The van der Waals surface area contributed by atoms with E-state index in [1.54, 1.807) is 12.0 Å². The van der Waals surface area contributed by atoms with Crippen molar-refractivity contribution in [3.05, 3.63) is 35.4 Å². The summed E-state index contributed by atoms with van der Waals surface area (Å²) in [5, 5.41) is 2.92. The second-order valence-electron chi connectivity index (χ2n) is 5.50. The average Bonchev–Trinajstić information content (AvgIpc) is 2.52. The van der Waals surface area contributed by atoms with E-state index in [1.807, 2.05) is 31.2 Å². The number of hydrogen-bond acceptors (Lipinski definition) is 3. The molecule has 1 aliphatic rings. The highest BCUT2D eigenvalue weighted by Crippen LogP contribution is 2.30. The second kappa shape index (κ2) is 7.94. The lowest BCUT2D eigenvalue weighted by Gasteiger charge is -2.36. The number of benzene rings is 1. The van der Waals surface area contributed by atoms with Crippen LogP contribution in [0.15, 0.2) is 24.3 Å². The van der Waals surface area contributed by atoms with Gasteiger partial charge in [0.05, 0.1) is 6.42 Å². The Morgan fingerprint density at radius 1 is 1.41 bits per heavy atom. The van der Waals surface area contributed by atoms with Crippen LogP contribution in [0.3, 0.4) is 0 Å². The molecule has 0 saturated heterocycles. The summed E-state index contributed by atoms with van der Waals surface area (Å²) in [6, 6.07) is 7.20. The van der Waals surface area contributed by atoms with Gasteiger partial charge in [0.1, 0.15) is 6.04 Å². The average molecular weight is 304 g/mol. The minimum absolute atomic E-state index is 0.0255. The Hall–Kier alpha value is -1.88. The Morgan fingerprint density at radius 3 is 2.91 bits per heavy atom. The Kier molecular flexibility index (Phi) is 5.95. The van der Waals surface area contributed by atoms with Gasteiger partial charge in [0.2, 0.25) is 11.8 Å². The van der Waals surface area contributed by atoms with Gasteiger partial charge in [-0.1, -0.05) is 31.2 Å². The van der Waals surface area contributed by atoms with Crippen LogP contribution in [0.4, 0.5) is 0 Å². The molecule has 5 nitrogen and oxygen atoms in total. The highest BCUT2D eigenvalue weighted by atomic mass is 16.5. The predicted octanol–water partition coefficient (Wildman–Crippen LogP) is 1.68. The molecule has 0 spiro atoms. The van der Waals surface area contributed by atoms with Gasteiger partial charge in [0, 0.05) is 26.8 Å². The molecule has 120 valence electrons. The molecule has 0 fully saturated rings. The number of carbonyl (C=O) groups excluding carboxylic acids is 2. The van der Waals surface area contributed by atoms with Crippen molar-refractivity contribution < 1.29 is 14.3 Å². The Morgan fingerprint density at radius 2 is 2.18 bits per heavy atom. The first-order valence-corrected chi connectivity index (χ1v) is 7.83. The van der Waals surface area contributed by atoms with Gasteiger partial charge in [-0.3, -0.25) is 9.59 Å². The molecule has 1 aromatic rings. The highest BCUT2D eigenvalue weighted by molar-refractivity contribution is 5.92. The fourth-order valence-electron chi connectivity index (χ4n) is 2.84. The van der Waals surface area contributed by atoms with Crippen molar-refractivity contribution in [2.45, 2.75) is 32.2 Å². The van der Waals surface area contributed by atoms with E-state index in [0.717, 1.165) is 24.0 Å². The summed E-state index contributed by atoms with van der Waals surface area (Å²) in [7, 11) is 1.64. The van der Waals surface area contributed by atoms with E-state index in [1.165, 1.54) is 0 Å². The number of ether oxygens (including phenoxy) is 1. The van der Waals surface area contributed by atoms with Crippen molar-refractivity contribution >= 4 is 11.8 Å². The molecule has 1 N–H and O–H groups in total. The van der Waals surface area contributed by atoms with Crippen LogP contribution in [0.5, 0.6) is 0 Å². The maximum atomic E-state index is 12.6. The Balaban J connectivity index is 2.19. The molecule has 5 heteroatoms. The zero-order chi connectivity index (χ0) is 15.9. The zero-order valence-electron chi connectivity index (χ0n) is 13.3. The zero-order valence-corrected chi connectivity index (χ0v) is 13.3. The lowest BCUT2D eigenvalue weighted by molar-refractivity contribution is -0.141. The second-order valence-corrected chi connectivity index (χ2v) is 5.50. The molecule has 1 heterocycles. The Labute approximate surface area is 131 Å². The van der Waals surface area contributed by atoms with Crippen LogP contribution in [-0.2, 0) is 20.7 Å². The number of rotatable bonds is 7. The van der Waals surface area contributed by atoms with Gasteiger partial charge in [0.25, 0.3) is 0 Å². The van der Waals surface area contributed by atoms with E-state index in [2.05, 4.69) is 5.32 Å². The molecule has 1 aliphatic heterocycles. The molecule has 1 unspecified atom stereocenters. The predicted molar refractivity (Wildman–Crippen MR) is 84.4 cm³/mol. The van der Waals surface area contributed by atoms with Crippen molar-refractivity contribution in [2.75, 3.05) is 26.8 Å². The van der Waals surface area contributed by atoms with Gasteiger partial charge in [-0.25, -0.2) is 0 Å². The molecule has 0 saturated carbocycles. The Bertz CT molecular complexity index is 530. The smallest absolute Gasteiger partial charge is 0.247 e. The standard InChI is InChI=1S/C17H24N2O3/c1-3-10-19-15(20)12-13-7-4-5-8-14(13)16(19)17(21)18-9-6-11-22-2/h4-5,7-8,16H,3,6,9-12H2,1-2H3,(H,18,21). The molecule has 2 rings (SSSR count). The van der Waals surface area contributed by atoms with E-state index in [4.69, 9.17) is 4.74 Å². The van der Waals surface area contributed by atoms with Gasteiger partial charge in [0.15, 0.2) is 0 Å². The molecule has 22 heavy (non-hydrogen) atoms. The first kappa shape index (κ1) is 16.5. The van der Waals surface area contributed by atoms with Crippen LogP contribution in [-0.4, -0.2) is 43.5 Å². The highest BCUT2D eigenvalue weighted by Gasteiger charge is 2.36. The van der Waals surface area contributed by atoms with E-state index in [0.29, 0.717) is 26.1 Å². The van der Waals surface area contributed by atoms with E-state index in [-0.39, 0.29) is 11.8 Å². The van der Waals surface area contributed by atoms with E-state index in [9.17, 15) is 9.59 Å². The summed E-state index contributed by atoms with van der Waals surface area (Å²) in [4.78, 5) is 26.7. The lowest BCUT2D eigenvalue weighted by Crippen LogP contribution is -2.47. The molecule has 2 amide bonds. The van der Waals surface area contributed by atoms with Crippen LogP contribution >= 0.6 is 0 Å². The maximum absolute atomic E-state index is 12.6. The normalized spacial score (nSPS) is 17.3. The molecule has 0 radical (unpaired) electrons. The van der Waals surface area contributed by atoms with E-state index < -0.39 is 6.04 Å². The number of methoxy groups -OCH3 is 1. The molecular formula is C17H24N2O3. The van der Waals surface area contributed by atoms with Crippen LogP contribution in [0, 0.1) is 0 Å². The molecule has 0 aliphatic carbocycles. The van der Waals surface area contributed by atoms with Crippen molar-refractivity contribution in [1.29, 1.82) is 0 Å². The van der Waals surface area contributed by atoms with Gasteiger partial charge in [-0.05, 0) is 24.0 Å². The quantitative estimate of drug-likeness (QED) is 0.780. The molecule has 1 aromatic carbocycles. The van der Waals surface area contributed by atoms with Crippen molar-refractivity contribution in [1.82, 2.24) is 10.2 Å². The van der Waals surface area contributed by atoms with Gasteiger partial charge in [-0.15, -0.1) is 0 Å².